The van der Waals surface area contributed by atoms with E-state index in [2.05, 4.69) is 23.8 Å². The summed E-state index contributed by atoms with van der Waals surface area (Å²) in [5, 5.41) is 0. The SMILES string of the molecule is CCCCCC(CN)N1CCC2CCC(C1)N2C. The molecule has 3 nitrogen and oxygen atoms in total. The van der Waals surface area contributed by atoms with Crippen LogP contribution < -0.4 is 5.73 Å². The number of hydrogen-bond donors (Lipinski definition) is 1. The first kappa shape index (κ1) is 14.3. The first-order valence-corrected chi connectivity index (χ1v) is 7.92. The fourth-order valence-electron chi connectivity index (χ4n) is 3.75. The Balaban J connectivity index is 1.87. The van der Waals surface area contributed by atoms with Crippen molar-refractivity contribution in [1.29, 1.82) is 0 Å². The van der Waals surface area contributed by atoms with Crippen LogP contribution in [0.25, 0.3) is 0 Å². The highest BCUT2D eigenvalue weighted by Crippen LogP contribution is 2.29. The standard InChI is InChI=1S/C15H31N3/c1-3-4-5-6-14(11-16)18-10-9-13-7-8-15(12-18)17(13)2/h13-15H,3-12,16H2,1-2H3. The molecule has 2 N–H and O–H groups in total. The molecule has 3 unspecified atom stereocenters. The van der Waals surface area contributed by atoms with E-state index in [-0.39, 0.29) is 0 Å². The zero-order valence-electron chi connectivity index (χ0n) is 12.3. The molecule has 0 aliphatic carbocycles. The van der Waals surface area contributed by atoms with Crippen LogP contribution in [-0.4, -0.2) is 54.6 Å². The third kappa shape index (κ3) is 3.25. The minimum absolute atomic E-state index is 0.629. The number of likely N-dealkylation sites (N-methyl/N-ethyl adjacent to an activating group) is 1. The number of fused-ring (bicyclic) bond motifs is 2. The highest BCUT2D eigenvalue weighted by atomic mass is 15.3. The Kier molecular flexibility index (Phi) is 5.46. The van der Waals surface area contributed by atoms with Crippen LogP contribution in [0.3, 0.4) is 0 Å². The van der Waals surface area contributed by atoms with Gasteiger partial charge in [0.05, 0.1) is 0 Å². The molecule has 106 valence electrons. The van der Waals surface area contributed by atoms with Crippen molar-refractivity contribution in [2.45, 2.75) is 70.0 Å². The lowest BCUT2D eigenvalue weighted by molar-refractivity contribution is 0.165. The lowest BCUT2D eigenvalue weighted by atomic mass is 10.0. The molecule has 3 heteroatoms. The Labute approximate surface area is 113 Å². The molecule has 2 rings (SSSR count). The average Bonchev–Trinajstić information content (AvgIpc) is 2.60. The fourth-order valence-corrected chi connectivity index (χ4v) is 3.75. The molecule has 18 heavy (non-hydrogen) atoms. The van der Waals surface area contributed by atoms with E-state index in [1.165, 1.54) is 58.0 Å². The van der Waals surface area contributed by atoms with Gasteiger partial charge in [0.2, 0.25) is 0 Å². The van der Waals surface area contributed by atoms with Crippen LogP contribution in [0.5, 0.6) is 0 Å². The first-order chi connectivity index (χ1) is 8.76. The molecule has 0 aromatic carbocycles. The Bertz CT molecular complexity index is 244. The first-order valence-electron chi connectivity index (χ1n) is 7.92. The normalized spacial score (nSPS) is 31.5. The molecule has 0 radical (unpaired) electrons. The molecule has 2 aliphatic rings. The van der Waals surface area contributed by atoms with Crippen LogP contribution >= 0.6 is 0 Å². The molecular weight excluding hydrogens is 222 g/mol. The molecule has 2 saturated heterocycles. The van der Waals surface area contributed by atoms with Gasteiger partial charge >= 0.3 is 0 Å². The molecule has 0 saturated carbocycles. The molecule has 0 spiro atoms. The molecule has 2 aliphatic heterocycles. The summed E-state index contributed by atoms with van der Waals surface area (Å²) in [5.41, 5.74) is 6.01. The highest BCUT2D eigenvalue weighted by Gasteiger charge is 2.35. The quantitative estimate of drug-likeness (QED) is 0.736. The molecule has 0 aromatic rings. The van der Waals surface area contributed by atoms with Crippen LogP contribution in [0.4, 0.5) is 0 Å². The number of unbranched alkanes of at least 4 members (excludes halogenated alkanes) is 2. The van der Waals surface area contributed by atoms with Crippen molar-refractivity contribution in [1.82, 2.24) is 9.80 Å². The predicted molar refractivity (Wildman–Crippen MR) is 77.7 cm³/mol. The van der Waals surface area contributed by atoms with Gasteiger partial charge in [-0.25, -0.2) is 0 Å². The van der Waals surface area contributed by atoms with E-state index < -0.39 is 0 Å². The zero-order chi connectivity index (χ0) is 13.0. The van der Waals surface area contributed by atoms with Gasteiger partial charge < -0.3 is 5.73 Å². The second-order valence-electron chi connectivity index (χ2n) is 6.22. The van der Waals surface area contributed by atoms with E-state index in [0.29, 0.717) is 6.04 Å². The second-order valence-corrected chi connectivity index (χ2v) is 6.22. The zero-order valence-corrected chi connectivity index (χ0v) is 12.3. The van der Waals surface area contributed by atoms with Gasteiger partial charge in [-0.2, -0.15) is 0 Å². The monoisotopic (exact) mass is 253 g/mol. The predicted octanol–water partition coefficient (Wildman–Crippen LogP) is 2.06. The molecule has 0 aromatic heterocycles. The summed E-state index contributed by atoms with van der Waals surface area (Å²) < 4.78 is 0. The van der Waals surface area contributed by atoms with Crippen molar-refractivity contribution in [2.75, 3.05) is 26.7 Å². The molecule has 2 bridgehead atoms. The molecular formula is C15H31N3. The third-order valence-corrected chi connectivity index (χ3v) is 5.11. The van der Waals surface area contributed by atoms with Crippen LogP contribution in [0.1, 0.15) is 51.9 Å². The Morgan fingerprint density at radius 3 is 2.67 bits per heavy atom. The summed E-state index contributed by atoms with van der Waals surface area (Å²) in [6, 6.07) is 2.26. The van der Waals surface area contributed by atoms with E-state index in [1.807, 2.05) is 0 Å². The topological polar surface area (TPSA) is 32.5 Å². The van der Waals surface area contributed by atoms with Crippen molar-refractivity contribution in [3.8, 4) is 0 Å². The Hall–Kier alpha value is -0.120. The summed E-state index contributed by atoms with van der Waals surface area (Å²) in [5.74, 6) is 0. The van der Waals surface area contributed by atoms with Crippen LogP contribution in [0.2, 0.25) is 0 Å². The number of nitrogens with two attached hydrogens (primary N) is 1. The van der Waals surface area contributed by atoms with Gasteiger partial charge in [-0.3, -0.25) is 9.80 Å². The molecule has 0 amide bonds. The maximum atomic E-state index is 6.01. The number of likely N-dealkylation sites (tertiary alicyclic amines) is 1. The number of hydrogen-bond acceptors (Lipinski definition) is 3. The second kappa shape index (κ2) is 6.88. The third-order valence-electron chi connectivity index (χ3n) is 5.11. The summed E-state index contributed by atoms with van der Waals surface area (Å²) >= 11 is 0. The van der Waals surface area contributed by atoms with E-state index in [1.54, 1.807) is 0 Å². The van der Waals surface area contributed by atoms with Crippen LogP contribution in [-0.2, 0) is 0 Å². The van der Waals surface area contributed by atoms with E-state index in [0.717, 1.165) is 18.6 Å². The lowest BCUT2D eigenvalue weighted by Crippen LogP contribution is -2.45. The number of rotatable bonds is 6. The molecule has 2 fully saturated rings. The summed E-state index contributed by atoms with van der Waals surface area (Å²) in [6.45, 7) is 5.63. The van der Waals surface area contributed by atoms with E-state index >= 15 is 0 Å². The van der Waals surface area contributed by atoms with Crippen LogP contribution in [0, 0.1) is 0 Å². The Morgan fingerprint density at radius 2 is 1.94 bits per heavy atom. The minimum atomic E-state index is 0.629. The van der Waals surface area contributed by atoms with Crippen LogP contribution in [0.15, 0.2) is 0 Å². The van der Waals surface area contributed by atoms with E-state index in [4.69, 9.17) is 5.73 Å². The maximum Gasteiger partial charge on any atom is 0.0223 e. The van der Waals surface area contributed by atoms with Gasteiger partial charge in [-0.15, -0.1) is 0 Å². The van der Waals surface area contributed by atoms with Crippen molar-refractivity contribution in [3.05, 3.63) is 0 Å². The van der Waals surface area contributed by atoms with Gasteiger partial charge in [0.1, 0.15) is 0 Å². The summed E-state index contributed by atoms with van der Waals surface area (Å²) in [6.07, 6.45) is 9.46. The van der Waals surface area contributed by atoms with Gasteiger partial charge in [-0.1, -0.05) is 26.2 Å². The minimum Gasteiger partial charge on any atom is -0.329 e. The van der Waals surface area contributed by atoms with Crippen molar-refractivity contribution >= 4 is 0 Å². The number of nitrogens with zero attached hydrogens (tertiary/aromatic N) is 2. The smallest absolute Gasteiger partial charge is 0.0223 e. The van der Waals surface area contributed by atoms with E-state index in [9.17, 15) is 0 Å². The average molecular weight is 253 g/mol. The Morgan fingerprint density at radius 1 is 1.17 bits per heavy atom. The molecule has 3 atom stereocenters. The largest absolute Gasteiger partial charge is 0.329 e. The lowest BCUT2D eigenvalue weighted by Gasteiger charge is -2.32. The summed E-state index contributed by atoms with van der Waals surface area (Å²) in [4.78, 5) is 5.32. The highest BCUT2D eigenvalue weighted by molar-refractivity contribution is 4.92. The van der Waals surface area contributed by atoms with Gasteiger partial charge in [0.25, 0.3) is 0 Å². The van der Waals surface area contributed by atoms with Crippen molar-refractivity contribution < 1.29 is 0 Å². The maximum absolute atomic E-state index is 6.01. The van der Waals surface area contributed by atoms with Crippen molar-refractivity contribution in [3.63, 3.8) is 0 Å². The van der Waals surface area contributed by atoms with Crippen molar-refractivity contribution in [2.24, 2.45) is 5.73 Å². The summed E-state index contributed by atoms with van der Waals surface area (Å²) in [7, 11) is 2.32. The van der Waals surface area contributed by atoms with Gasteiger partial charge in [-0.05, 0) is 32.7 Å². The fraction of sp³-hybridized carbons (Fsp3) is 1.00. The van der Waals surface area contributed by atoms with Gasteiger partial charge in [0, 0.05) is 37.8 Å². The van der Waals surface area contributed by atoms with Gasteiger partial charge in [0.15, 0.2) is 0 Å². The molecule has 2 heterocycles.